The highest BCUT2D eigenvalue weighted by atomic mass is 35.5. The molecule has 0 fully saturated rings. The lowest BCUT2D eigenvalue weighted by atomic mass is 9.99. The van der Waals surface area contributed by atoms with Crippen LogP contribution in [0.1, 0.15) is 27.2 Å². The van der Waals surface area contributed by atoms with Gasteiger partial charge in [0.25, 0.3) is 5.91 Å². The quantitative estimate of drug-likeness (QED) is 0.811. The molecule has 0 aliphatic rings. The molecule has 0 spiro atoms. The third-order valence-electron chi connectivity index (χ3n) is 3.27. The molecule has 0 aliphatic carbocycles. The van der Waals surface area contributed by atoms with Gasteiger partial charge < -0.3 is 15.2 Å². The minimum Gasteiger partial charge on any atom is -0.481 e. The Bertz CT molecular complexity index is 489. The van der Waals surface area contributed by atoms with Gasteiger partial charge in [-0.2, -0.15) is 0 Å². The Kier molecular flexibility index (Phi) is 6.49. The van der Waals surface area contributed by atoms with E-state index in [4.69, 9.17) is 21.4 Å². The smallest absolute Gasteiger partial charge is 0.326 e. The standard InChI is InChI=1S/C15H20ClNO4/c1-4-9(2)13(15(19)20)17-14(18)10(3)21-12-7-5-11(16)6-8-12/h5-10,13H,4H2,1-3H3,(H,17,18)(H,19,20). The van der Waals surface area contributed by atoms with Gasteiger partial charge >= 0.3 is 5.97 Å². The molecule has 1 amide bonds. The molecule has 0 aliphatic heterocycles. The molecule has 1 aromatic carbocycles. The molecule has 21 heavy (non-hydrogen) atoms. The van der Waals surface area contributed by atoms with Crippen molar-refractivity contribution in [1.82, 2.24) is 5.32 Å². The van der Waals surface area contributed by atoms with Crippen LogP contribution in [-0.4, -0.2) is 29.1 Å². The van der Waals surface area contributed by atoms with Crippen molar-refractivity contribution in [2.75, 3.05) is 0 Å². The van der Waals surface area contributed by atoms with Crippen LogP contribution < -0.4 is 10.1 Å². The Morgan fingerprint density at radius 2 is 1.86 bits per heavy atom. The minimum atomic E-state index is -1.05. The number of carboxylic acid groups (broad SMARTS) is 1. The summed E-state index contributed by atoms with van der Waals surface area (Å²) in [5.41, 5.74) is 0. The van der Waals surface area contributed by atoms with Crippen LogP contribution in [0.5, 0.6) is 5.75 Å². The van der Waals surface area contributed by atoms with Gasteiger partial charge in [-0.1, -0.05) is 31.9 Å². The van der Waals surface area contributed by atoms with E-state index in [9.17, 15) is 9.59 Å². The highest BCUT2D eigenvalue weighted by Gasteiger charge is 2.27. The first-order valence-electron chi connectivity index (χ1n) is 6.80. The number of aliphatic carboxylic acids is 1. The Morgan fingerprint density at radius 3 is 2.33 bits per heavy atom. The second-order valence-electron chi connectivity index (χ2n) is 4.92. The number of nitrogens with one attached hydrogen (secondary N) is 1. The summed E-state index contributed by atoms with van der Waals surface area (Å²) >= 11 is 5.77. The summed E-state index contributed by atoms with van der Waals surface area (Å²) in [6.07, 6.45) is -0.138. The zero-order valence-electron chi connectivity index (χ0n) is 12.3. The Labute approximate surface area is 129 Å². The average molecular weight is 314 g/mol. The molecule has 0 bridgehead atoms. The fourth-order valence-corrected chi connectivity index (χ4v) is 1.85. The predicted molar refractivity (Wildman–Crippen MR) is 80.6 cm³/mol. The minimum absolute atomic E-state index is 0.158. The number of ether oxygens (including phenoxy) is 1. The zero-order chi connectivity index (χ0) is 16.0. The number of carboxylic acids is 1. The van der Waals surface area contributed by atoms with Crippen molar-refractivity contribution in [2.45, 2.75) is 39.3 Å². The number of hydrogen-bond donors (Lipinski definition) is 2. The highest BCUT2D eigenvalue weighted by molar-refractivity contribution is 6.30. The first-order chi connectivity index (χ1) is 9.85. The van der Waals surface area contributed by atoms with Crippen LogP contribution in [-0.2, 0) is 9.59 Å². The van der Waals surface area contributed by atoms with Crippen molar-refractivity contribution in [3.8, 4) is 5.75 Å². The Morgan fingerprint density at radius 1 is 1.29 bits per heavy atom. The number of halogens is 1. The van der Waals surface area contributed by atoms with E-state index < -0.39 is 24.0 Å². The van der Waals surface area contributed by atoms with Crippen molar-refractivity contribution in [3.05, 3.63) is 29.3 Å². The number of hydrogen-bond acceptors (Lipinski definition) is 3. The maximum Gasteiger partial charge on any atom is 0.326 e. The summed E-state index contributed by atoms with van der Waals surface area (Å²) in [5.74, 6) is -1.17. The number of amides is 1. The van der Waals surface area contributed by atoms with Crippen LogP contribution in [0.4, 0.5) is 0 Å². The largest absolute Gasteiger partial charge is 0.481 e. The molecule has 3 unspecified atom stereocenters. The molecule has 0 radical (unpaired) electrons. The monoisotopic (exact) mass is 313 g/mol. The van der Waals surface area contributed by atoms with Crippen LogP contribution in [0.15, 0.2) is 24.3 Å². The SMILES string of the molecule is CCC(C)C(NC(=O)C(C)Oc1ccc(Cl)cc1)C(=O)O. The zero-order valence-corrected chi connectivity index (χ0v) is 13.1. The van der Waals surface area contributed by atoms with E-state index in [0.717, 1.165) is 0 Å². The van der Waals surface area contributed by atoms with Crippen LogP contribution in [0.3, 0.4) is 0 Å². The van der Waals surface area contributed by atoms with Crippen molar-refractivity contribution in [2.24, 2.45) is 5.92 Å². The highest BCUT2D eigenvalue weighted by Crippen LogP contribution is 2.17. The number of benzene rings is 1. The molecule has 0 saturated heterocycles. The summed E-state index contributed by atoms with van der Waals surface area (Å²) in [6, 6.07) is 5.69. The molecule has 5 nitrogen and oxygen atoms in total. The van der Waals surface area contributed by atoms with Crippen LogP contribution >= 0.6 is 11.6 Å². The number of carbonyl (C=O) groups excluding carboxylic acids is 1. The molecule has 2 N–H and O–H groups in total. The van der Waals surface area contributed by atoms with Gasteiger partial charge in [0, 0.05) is 5.02 Å². The summed E-state index contributed by atoms with van der Waals surface area (Å²) in [5, 5.41) is 12.2. The normalized spacial score (nSPS) is 14.9. The summed E-state index contributed by atoms with van der Waals surface area (Å²) in [4.78, 5) is 23.2. The van der Waals surface area contributed by atoms with Crippen LogP contribution in [0.25, 0.3) is 0 Å². The predicted octanol–water partition coefficient (Wildman–Crippen LogP) is 2.72. The number of rotatable bonds is 7. The van der Waals surface area contributed by atoms with Gasteiger partial charge in [-0.15, -0.1) is 0 Å². The average Bonchev–Trinajstić information content (AvgIpc) is 2.45. The van der Waals surface area contributed by atoms with E-state index >= 15 is 0 Å². The lowest BCUT2D eigenvalue weighted by Gasteiger charge is -2.22. The first kappa shape index (κ1) is 17.3. The molecule has 1 aromatic rings. The van der Waals surface area contributed by atoms with E-state index in [1.807, 2.05) is 6.92 Å². The van der Waals surface area contributed by atoms with Gasteiger partial charge in [0.15, 0.2) is 6.10 Å². The second kappa shape index (κ2) is 7.88. The van der Waals surface area contributed by atoms with Gasteiger partial charge in [0.1, 0.15) is 11.8 Å². The van der Waals surface area contributed by atoms with E-state index in [1.165, 1.54) is 0 Å². The van der Waals surface area contributed by atoms with Gasteiger partial charge in [0.05, 0.1) is 0 Å². The first-order valence-corrected chi connectivity index (χ1v) is 7.18. The lowest BCUT2D eigenvalue weighted by Crippen LogP contribution is -2.49. The molecule has 116 valence electrons. The molecular formula is C15H20ClNO4. The fraction of sp³-hybridized carbons (Fsp3) is 0.467. The Hall–Kier alpha value is -1.75. The summed E-state index contributed by atoms with van der Waals surface area (Å²) in [6.45, 7) is 5.23. The fourth-order valence-electron chi connectivity index (χ4n) is 1.72. The molecule has 1 rings (SSSR count). The van der Waals surface area contributed by atoms with Crippen LogP contribution in [0.2, 0.25) is 5.02 Å². The Balaban J connectivity index is 2.64. The number of carbonyl (C=O) groups is 2. The van der Waals surface area contributed by atoms with Crippen molar-refractivity contribution in [1.29, 1.82) is 0 Å². The van der Waals surface area contributed by atoms with Crippen molar-refractivity contribution < 1.29 is 19.4 Å². The lowest BCUT2D eigenvalue weighted by molar-refractivity contribution is -0.144. The van der Waals surface area contributed by atoms with Gasteiger partial charge in [-0.3, -0.25) is 4.79 Å². The third-order valence-corrected chi connectivity index (χ3v) is 3.52. The molecule has 0 heterocycles. The maximum absolute atomic E-state index is 12.0. The maximum atomic E-state index is 12.0. The van der Waals surface area contributed by atoms with Crippen molar-refractivity contribution >= 4 is 23.5 Å². The van der Waals surface area contributed by atoms with E-state index in [1.54, 1.807) is 38.1 Å². The van der Waals surface area contributed by atoms with E-state index in [0.29, 0.717) is 17.2 Å². The van der Waals surface area contributed by atoms with Gasteiger partial charge in [-0.25, -0.2) is 4.79 Å². The van der Waals surface area contributed by atoms with Gasteiger partial charge in [0.2, 0.25) is 0 Å². The van der Waals surface area contributed by atoms with Crippen molar-refractivity contribution in [3.63, 3.8) is 0 Å². The van der Waals surface area contributed by atoms with Gasteiger partial charge in [-0.05, 0) is 37.1 Å². The second-order valence-corrected chi connectivity index (χ2v) is 5.36. The molecule has 0 aromatic heterocycles. The van der Waals surface area contributed by atoms with E-state index in [2.05, 4.69) is 5.32 Å². The molecule has 3 atom stereocenters. The van der Waals surface area contributed by atoms with E-state index in [-0.39, 0.29) is 5.92 Å². The third kappa shape index (κ3) is 5.27. The molecular weight excluding hydrogens is 294 g/mol. The summed E-state index contributed by atoms with van der Waals surface area (Å²) < 4.78 is 5.46. The van der Waals surface area contributed by atoms with Crippen LogP contribution in [0, 0.1) is 5.92 Å². The molecule has 6 heteroatoms. The molecule has 0 saturated carbocycles. The topological polar surface area (TPSA) is 75.6 Å². The summed E-state index contributed by atoms with van der Waals surface area (Å²) in [7, 11) is 0.